The summed E-state index contributed by atoms with van der Waals surface area (Å²) in [7, 11) is 0. The maximum atomic E-state index is 15.4. The van der Waals surface area contributed by atoms with Crippen molar-refractivity contribution in [3.63, 3.8) is 0 Å². The quantitative estimate of drug-likeness (QED) is 0.126. The molecule has 2 amide bonds. The molecule has 0 bridgehead atoms. The van der Waals surface area contributed by atoms with E-state index in [0.29, 0.717) is 28.2 Å². The molecule has 5 nitrogen and oxygen atoms in total. The smallest absolute Gasteiger partial charge is 0.268 e. The first kappa shape index (κ1) is 33.7. The average molecular weight is 732 g/mol. The Labute approximate surface area is 330 Å². The molecule has 1 aliphatic rings. The molecule has 1 aromatic heterocycles. The second-order valence-electron chi connectivity index (χ2n) is 14.4. The Balaban J connectivity index is 1.21. The zero-order valence-corrected chi connectivity index (χ0v) is 31.0. The Hall–Kier alpha value is -7.81. The van der Waals surface area contributed by atoms with Crippen molar-refractivity contribution in [1.29, 1.82) is 0 Å². The number of para-hydroxylation sites is 1. The van der Waals surface area contributed by atoms with E-state index in [9.17, 15) is 4.79 Å². The fourth-order valence-electron chi connectivity index (χ4n) is 8.44. The number of hydrogen-bond donors (Lipinski definition) is 0. The molecule has 0 saturated carbocycles. The van der Waals surface area contributed by atoms with Gasteiger partial charge in [0.1, 0.15) is 0 Å². The van der Waals surface area contributed by atoms with E-state index in [1.807, 2.05) is 128 Å². The first-order chi connectivity index (χ1) is 28.0. The Bertz CT molecular complexity index is 3060. The molecule has 0 N–H and O–H groups in total. The molecule has 2 heterocycles. The number of imide groups is 1. The maximum absolute atomic E-state index is 15.4. The highest BCUT2D eigenvalue weighted by atomic mass is 16.2. The summed E-state index contributed by atoms with van der Waals surface area (Å²) in [6, 6.07) is 60.2. The number of carbonyl (C=O) groups excluding carboxylic acids is 2. The van der Waals surface area contributed by atoms with Crippen molar-refractivity contribution in [2.75, 3.05) is 4.90 Å². The van der Waals surface area contributed by atoms with Gasteiger partial charge in [-0.25, -0.2) is 9.74 Å². The van der Waals surface area contributed by atoms with Crippen LogP contribution in [0.25, 0.3) is 76.8 Å². The van der Waals surface area contributed by atoms with Crippen LogP contribution in [0.15, 0.2) is 182 Å². The van der Waals surface area contributed by atoms with Crippen LogP contribution in [0.3, 0.4) is 0 Å². The van der Waals surface area contributed by atoms with Crippen LogP contribution in [-0.4, -0.2) is 16.4 Å². The Morgan fingerprint density at radius 2 is 1.07 bits per heavy atom. The van der Waals surface area contributed by atoms with Crippen LogP contribution in [0.2, 0.25) is 0 Å². The van der Waals surface area contributed by atoms with Crippen molar-refractivity contribution in [3.8, 4) is 50.2 Å². The third-order valence-electron chi connectivity index (χ3n) is 11.1. The van der Waals surface area contributed by atoms with Crippen LogP contribution in [0.1, 0.15) is 26.3 Å². The predicted octanol–water partition coefficient (Wildman–Crippen LogP) is 13.1. The van der Waals surface area contributed by atoms with Gasteiger partial charge in [0, 0.05) is 21.9 Å². The lowest BCUT2D eigenvalue weighted by molar-refractivity contribution is 0.0926. The number of fused-ring (bicyclic) bond motifs is 4. The summed E-state index contributed by atoms with van der Waals surface area (Å²) < 4.78 is 2.12. The average Bonchev–Trinajstić information content (AvgIpc) is 3.73. The van der Waals surface area contributed by atoms with Crippen LogP contribution >= 0.6 is 0 Å². The first-order valence-electron chi connectivity index (χ1n) is 18.9. The van der Waals surface area contributed by atoms with Gasteiger partial charge >= 0.3 is 0 Å². The third-order valence-corrected chi connectivity index (χ3v) is 11.1. The molecule has 0 spiro atoms. The van der Waals surface area contributed by atoms with Crippen molar-refractivity contribution in [3.05, 3.63) is 210 Å². The number of aromatic nitrogens is 1. The predicted molar refractivity (Wildman–Crippen MR) is 231 cm³/mol. The van der Waals surface area contributed by atoms with E-state index < -0.39 is 0 Å². The number of rotatable bonds is 6. The molecule has 1 aliphatic heterocycles. The minimum Gasteiger partial charge on any atom is -0.308 e. The van der Waals surface area contributed by atoms with Crippen LogP contribution in [0, 0.1) is 13.5 Å². The van der Waals surface area contributed by atoms with Crippen LogP contribution in [-0.2, 0) is 0 Å². The fraction of sp³-hybridized carbons (Fsp3) is 0.0192. The van der Waals surface area contributed by atoms with Gasteiger partial charge in [-0.15, -0.1) is 0 Å². The van der Waals surface area contributed by atoms with Gasteiger partial charge < -0.3 is 4.57 Å². The molecule has 268 valence electrons. The summed E-state index contributed by atoms with van der Waals surface area (Å²) in [6.07, 6.45) is 0. The molecule has 0 unspecified atom stereocenters. The van der Waals surface area contributed by atoms with Gasteiger partial charge in [0.05, 0.1) is 40.1 Å². The Kier molecular flexibility index (Phi) is 7.98. The number of hydrogen-bond acceptors (Lipinski definition) is 2. The number of aryl methyl sites for hydroxylation is 1. The Morgan fingerprint density at radius 3 is 1.72 bits per heavy atom. The molecular weight excluding hydrogens is 699 g/mol. The first-order valence-corrected chi connectivity index (χ1v) is 18.9. The normalized spacial score (nSPS) is 12.3. The summed E-state index contributed by atoms with van der Waals surface area (Å²) in [5, 5.41) is 2.07. The van der Waals surface area contributed by atoms with E-state index in [1.54, 1.807) is 6.07 Å². The summed E-state index contributed by atoms with van der Waals surface area (Å²) in [5.41, 5.74) is 12.7. The van der Waals surface area contributed by atoms with Gasteiger partial charge in [0.15, 0.2) is 5.69 Å². The van der Waals surface area contributed by atoms with E-state index in [0.717, 1.165) is 71.9 Å². The van der Waals surface area contributed by atoms with Crippen molar-refractivity contribution in [1.82, 2.24) is 4.57 Å². The molecule has 0 atom stereocenters. The molecule has 10 rings (SSSR count). The number of nitrogens with zero attached hydrogens (tertiary/aromatic N) is 3. The standard InChI is InChI=1S/C52H33N3O2/c1-33-29-39(53-2)26-28-40(33)37-25-27-42-41-21-12-13-23-46(41)54(48(42)32-37)47-24-14-22-43-49(47)52(57)55(51(43)56)50-44(35-17-8-4-9-18-35)30-38(34-15-6-3-7-16-34)31-45(50)36-19-10-5-11-20-36/h3-32H,1H3. The van der Waals surface area contributed by atoms with Gasteiger partial charge in [-0.05, 0) is 76.7 Å². The Morgan fingerprint density at radius 1 is 0.456 bits per heavy atom. The molecule has 0 radical (unpaired) electrons. The van der Waals surface area contributed by atoms with Gasteiger partial charge in [-0.1, -0.05) is 151 Å². The largest absolute Gasteiger partial charge is 0.308 e. The van der Waals surface area contributed by atoms with E-state index >= 15 is 4.79 Å². The number of carbonyl (C=O) groups is 2. The van der Waals surface area contributed by atoms with E-state index in [-0.39, 0.29) is 11.8 Å². The van der Waals surface area contributed by atoms with E-state index in [2.05, 4.69) is 64.0 Å². The van der Waals surface area contributed by atoms with Gasteiger partial charge in [0.2, 0.25) is 0 Å². The highest BCUT2D eigenvalue weighted by Crippen LogP contribution is 2.47. The number of benzene rings is 8. The fourth-order valence-corrected chi connectivity index (χ4v) is 8.44. The highest BCUT2D eigenvalue weighted by molar-refractivity contribution is 6.37. The topological polar surface area (TPSA) is 46.7 Å². The van der Waals surface area contributed by atoms with Gasteiger partial charge in [-0.2, -0.15) is 0 Å². The number of amides is 2. The summed E-state index contributed by atoms with van der Waals surface area (Å²) in [6.45, 7) is 9.51. The second kappa shape index (κ2) is 13.5. The molecule has 5 heteroatoms. The molecule has 9 aromatic rings. The summed E-state index contributed by atoms with van der Waals surface area (Å²) >= 11 is 0. The molecule has 8 aromatic carbocycles. The minimum atomic E-state index is -0.375. The van der Waals surface area contributed by atoms with Gasteiger partial charge in [0.25, 0.3) is 11.8 Å². The van der Waals surface area contributed by atoms with E-state index in [4.69, 9.17) is 6.57 Å². The molecule has 0 aliphatic carbocycles. The lowest BCUT2D eigenvalue weighted by Crippen LogP contribution is -2.30. The van der Waals surface area contributed by atoms with Crippen molar-refractivity contribution in [2.45, 2.75) is 6.92 Å². The second-order valence-corrected chi connectivity index (χ2v) is 14.4. The molecule has 0 fully saturated rings. The highest BCUT2D eigenvalue weighted by Gasteiger charge is 2.41. The third kappa shape index (κ3) is 5.46. The van der Waals surface area contributed by atoms with Crippen molar-refractivity contribution >= 4 is 45.0 Å². The van der Waals surface area contributed by atoms with Crippen LogP contribution in [0.4, 0.5) is 11.4 Å². The minimum absolute atomic E-state index is 0.357. The van der Waals surface area contributed by atoms with Gasteiger partial charge in [-0.3, -0.25) is 9.59 Å². The monoisotopic (exact) mass is 731 g/mol. The lowest BCUT2D eigenvalue weighted by Gasteiger charge is -2.24. The van der Waals surface area contributed by atoms with Crippen LogP contribution < -0.4 is 4.90 Å². The molecular formula is C52H33N3O2. The SMILES string of the molecule is [C-]#[N+]c1ccc(-c2ccc3c4ccccc4n(-c4cccc5c4C(=O)N(c4c(-c6ccccc6)cc(-c6ccccc6)cc4-c4ccccc4)C5=O)c3c2)c(C)c1. The summed E-state index contributed by atoms with van der Waals surface area (Å²) in [5.74, 6) is -0.740. The zero-order chi connectivity index (χ0) is 38.6. The van der Waals surface area contributed by atoms with Crippen LogP contribution in [0.5, 0.6) is 0 Å². The number of anilines is 1. The molecule has 0 saturated heterocycles. The van der Waals surface area contributed by atoms with Crippen molar-refractivity contribution in [2.24, 2.45) is 0 Å². The van der Waals surface area contributed by atoms with Crippen molar-refractivity contribution < 1.29 is 9.59 Å². The molecule has 57 heavy (non-hydrogen) atoms. The lowest BCUT2D eigenvalue weighted by atomic mass is 9.90. The summed E-state index contributed by atoms with van der Waals surface area (Å²) in [4.78, 5) is 35.4. The maximum Gasteiger partial charge on any atom is 0.268 e. The zero-order valence-electron chi connectivity index (χ0n) is 31.0. The van der Waals surface area contributed by atoms with E-state index in [1.165, 1.54) is 4.90 Å².